The first-order valence-electron chi connectivity index (χ1n) is 8.29. The van der Waals surface area contributed by atoms with E-state index in [2.05, 4.69) is 22.1 Å². The summed E-state index contributed by atoms with van der Waals surface area (Å²) in [5.74, 6) is 0.143. The van der Waals surface area contributed by atoms with Crippen LogP contribution in [0.1, 0.15) is 24.1 Å². The van der Waals surface area contributed by atoms with E-state index in [4.69, 9.17) is 11.6 Å². The standard InChI is InChI=1S/C18H23ClN4O/c1-14-11-20-23(12-14)15(2)18(24)22-9-7-21(8-10-22)13-16-3-5-17(19)6-4-16/h3-6,11-12,15H,7-10,13H2,1-2H3/t15-/m0/s1. The number of nitrogens with zero attached hydrogens (tertiary/aromatic N) is 4. The minimum atomic E-state index is -0.249. The molecule has 0 spiro atoms. The highest BCUT2D eigenvalue weighted by Crippen LogP contribution is 2.15. The summed E-state index contributed by atoms with van der Waals surface area (Å²) in [6.07, 6.45) is 3.70. The van der Waals surface area contributed by atoms with Crippen molar-refractivity contribution >= 4 is 17.5 Å². The number of aromatic nitrogens is 2. The van der Waals surface area contributed by atoms with Crippen LogP contribution in [0.5, 0.6) is 0 Å². The maximum absolute atomic E-state index is 12.6. The topological polar surface area (TPSA) is 41.4 Å². The van der Waals surface area contributed by atoms with Crippen LogP contribution in [0.4, 0.5) is 0 Å². The number of rotatable bonds is 4. The van der Waals surface area contributed by atoms with Gasteiger partial charge in [-0.3, -0.25) is 14.4 Å². The van der Waals surface area contributed by atoms with Crippen LogP contribution in [-0.4, -0.2) is 51.7 Å². The third-order valence-corrected chi connectivity index (χ3v) is 4.74. The van der Waals surface area contributed by atoms with Crippen LogP contribution >= 0.6 is 11.6 Å². The van der Waals surface area contributed by atoms with E-state index >= 15 is 0 Å². The number of aryl methyl sites for hydroxylation is 1. The smallest absolute Gasteiger partial charge is 0.247 e. The Kier molecular flexibility index (Phi) is 5.21. The van der Waals surface area contributed by atoms with Crippen LogP contribution in [0.3, 0.4) is 0 Å². The third kappa shape index (κ3) is 3.97. The Hall–Kier alpha value is -1.85. The lowest BCUT2D eigenvalue weighted by atomic mass is 10.2. The second-order valence-electron chi connectivity index (χ2n) is 6.40. The van der Waals surface area contributed by atoms with Gasteiger partial charge in [-0.1, -0.05) is 23.7 Å². The van der Waals surface area contributed by atoms with Crippen molar-refractivity contribution in [2.75, 3.05) is 26.2 Å². The molecule has 1 aliphatic rings. The van der Waals surface area contributed by atoms with E-state index in [1.54, 1.807) is 10.9 Å². The molecular formula is C18H23ClN4O. The van der Waals surface area contributed by atoms with Crippen molar-refractivity contribution in [3.8, 4) is 0 Å². The Morgan fingerprint density at radius 1 is 1.21 bits per heavy atom. The molecule has 6 heteroatoms. The molecule has 5 nitrogen and oxygen atoms in total. The quantitative estimate of drug-likeness (QED) is 0.854. The molecule has 128 valence electrons. The number of piperazine rings is 1. The van der Waals surface area contributed by atoms with Crippen molar-refractivity contribution in [2.24, 2.45) is 0 Å². The van der Waals surface area contributed by atoms with Gasteiger partial charge in [0.15, 0.2) is 0 Å². The highest BCUT2D eigenvalue weighted by atomic mass is 35.5. The van der Waals surface area contributed by atoms with Gasteiger partial charge in [-0.05, 0) is 37.1 Å². The fourth-order valence-electron chi connectivity index (χ4n) is 3.00. The summed E-state index contributed by atoms with van der Waals surface area (Å²) in [6.45, 7) is 8.09. The van der Waals surface area contributed by atoms with Crippen LogP contribution in [0.2, 0.25) is 5.02 Å². The Bertz CT molecular complexity index is 689. The van der Waals surface area contributed by atoms with E-state index in [-0.39, 0.29) is 11.9 Å². The van der Waals surface area contributed by atoms with Crippen molar-refractivity contribution in [1.82, 2.24) is 19.6 Å². The molecule has 3 rings (SSSR count). The van der Waals surface area contributed by atoms with Gasteiger partial charge >= 0.3 is 0 Å². The molecule has 1 atom stereocenters. The first kappa shape index (κ1) is 17.0. The van der Waals surface area contributed by atoms with E-state index in [1.807, 2.05) is 37.1 Å². The number of halogens is 1. The summed E-state index contributed by atoms with van der Waals surface area (Å²) in [7, 11) is 0. The molecule has 1 amide bonds. The SMILES string of the molecule is Cc1cnn([C@@H](C)C(=O)N2CCN(Cc3ccc(Cl)cc3)CC2)c1. The molecule has 0 N–H and O–H groups in total. The van der Waals surface area contributed by atoms with Crippen molar-refractivity contribution in [2.45, 2.75) is 26.4 Å². The molecule has 2 aromatic rings. The summed E-state index contributed by atoms with van der Waals surface area (Å²) in [5.41, 5.74) is 2.32. The number of hydrogen-bond donors (Lipinski definition) is 0. The molecule has 1 aliphatic heterocycles. The largest absolute Gasteiger partial charge is 0.338 e. The fourth-order valence-corrected chi connectivity index (χ4v) is 3.12. The highest BCUT2D eigenvalue weighted by molar-refractivity contribution is 6.30. The van der Waals surface area contributed by atoms with Crippen molar-refractivity contribution in [1.29, 1.82) is 0 Å². The van der Waals surface area contributed by atoms with Gasteiger partial charge in [-0.15, -0.1) is 0 Å². The Morgan fingerprint density at radius 2 is 1.88 bits per heavy atom. The van der Waals surface area contributed by atoms with E-state index in [1.165, 1.54) is 5.56 Å². The Labute approximate surface area is 147 Å². The molecular weight excluding hydrogens is 324 g/mol. The number of carbonyl (C=O) groups is 1. The number of carbonyl (C=O) groups excluding carboxylic acids is 1. The maximum Gasteiger partial charge on any atom is 0.247 e. The first-order chi connectivity index (χ1) is 11.5. The lowest BCUT2D eigenvalue weighted by Crippen LogP contribution is -2.49. The van der Waals surface area contributed by atoms with E-state index in [0.717, 1.165) is 43.3 Å². The van der Waals surface area contributed by atoms with Crippen molar-refractivity contribution in [3.05, 3.63) is 52.8 Å². The van der Waals surface area contributed by atoms with Crippen molar-refractivity contribution in [3.63, 3.8) is 0 Å². The first-order valence-corrected chi connectivity index (χ1v) is 8.67. The summed E-state index contributed by atoms with van der Waals surface area (Å²) in [4.78, 5) is 17.0. The molecule has 2 heterocycles. The van der Waals surface area contributed by atoms with Gasteiger partial charge in [-0.25, -0.2) is 0 Å². The van der Waals surface area contributed by atoms with Crippen LogP contribution in [0.15, 0.2) is 36.7 Å². The van der Waals surface area contributed by atoms with Crippen LogP contribution < -0.4 is 0 Å². The normalized spacial score (nSPS) is 17.0. The fraction of sp³-hybridized carbons (Fsp3) is 0.444. The molecule has 1 fully saturated rings. The Morgan fingerprint density at radius 3 is 2.46 bits per heavy atom. The monoisotopic (exact) mass is 346 g/mol. The molecule has 1 aromatic heterocycles. The van der Waals surface area contributed by atoms with Crippen LogP contribution in [0, 0.1) is 6.92 Å². The van der Waals surface area contributed by atoms with Gasteiger partial charge in [0.1, 0.15) is 6.04 Å². The molecule has 1 aromatic carbocycles. The van der Waals surface area contributed by atoms with Gasteiger partial charge in [0, 0.05) is 43.9 Å². The molecule has 0 bridgehead atoms. The summed E-state index contributed by atoms with van der Waals surface area (Å²) in [6, 6.07) is 7.71. The summed E-state index contributed by atoms with van der Waals surface area (Å²) in [5, 5.41) is 5.02. The van der Waals surface area contributed by atoms with Crippen LogP contribution in [-0.2, 0) is 11.3 Å². The van der Waals surface area contributed by atoms with Gasteiger partial charge in [-0.2, -0.15) is 5.10 Å². The lowest BCUT2D eigenvalue weighted by Gasteiger charge is -2.36. The zero-order chi connectivity index (χ0) is 17.1. The average molecular weight is 347 g/mol. The average Bonchev–Trinajstić information content (AvgIpc) is 3.03. The minimum absolute atomic E-state index is 0.143. The molecule has 0 aliphatic carbocycles. The lowest BCUT2D eigenvalue weighted by molar-refractivity contribution is -0.136. The zero-order valence-electron chi connectivity index (χ0n) is 14.2. The molecule has 1 saturated heterocycles. The molecule has 0 saturated carbocycles. The van der Waals surface area contributed by atoms with Gasteiger partial charge in [0.05, 0.1) is 6.20 Å². The third-order valence-electron chi connectivity index (χ3n) is 4.49. The van der Waals surface area contributed by atoms with Gasteiger partial charge in [0.25, 0.3) is 0 Å². The number of hydrogen-bond acceptors (Lipinski definition) is 3. The molecule has 24 heavy (non-hydrogen) atoms. The number of benzene rings is 1. The van der Waals surface area contributed by atoms with Gasteiger partial charge < -0.3 is 4.90 Å². The van der Waals surface area contributed by atoms with Crippen molar-refractivity contribution < 1.29 is 4.79 Å². The van der Waals surface area contributed by atoms with E-state index in [0.29, 0.717) is 0 Å². The van der Waals surface area contributed by atoms with Gasteiger partial charge in [0.2, 0.25) is 5.91 Å². The molecule has 0 radical (unpaired) electrons. The minimum Gasteiger partial charge on any atom is -0.338 e. The maximum atomic E-state index is 12.6. The second kappa shape index (κ2) is 7.36. The zero-order valence-corrected chi connectivity index (χ0v) is 14.9. The highest BCUT2D eigenvalue weighted by Gasteiger charge is 2.26. The predicted octanol–water partition coefficient (Wildman–Crippen LogP) is 2.75. The van der Waals surface area contributed by atoms with E-state index < -0.39 is 0 Å². The molecule has 0 unspecified atom stereocenters. The van der Waals surface area contributed by atoms with E-state index in [9.17, 15) is 4.79 Å². The summed E-state index contributed by atoms with van der Waals surface area (Å²) >= 11 is 5.93. The predicted molar refractivity (Wildman–Crippen MR) is 95.0 cm³/mol. The van der Waals surface area contributed by atoms with Crippen LogP contribution in [0.25, 0.3) is 0 Å². The Balaban J connectivity index is 1.52. The summed E-state index contributed by atoms with van der Waals surface area (Å²) < 4.78 is 1.75. The second-order valence-corrected chi connectivity index (χ2v) is 6.84. The number of amides is 1.